The average Bonchev–Trinajstić information content (AvgIpc) is 2.39. The van der Waals surface area contributed by atoms with Gasteiger partial charge >= 0.3 is 5.97 Å². The number of nitrogens with one attached hydrogen (secondary N) is 1. The van der Waals surface area contributed by atoms with Crippen LogP contribution in [0.4, 0.5) is 0 Å². The number of nitrogens with zero attached hydrogens (tertiary/aromatic N) is 1. The Kier molecular flexibility index (Phi) is 6.87. The Bertz CT molecular complexity index is 480. The fourth-order valence-electron chi connectivity index (χ4n) is 1.74. The van der Waals surface area contributed by atoms with Crippen LogP contribution in [0.2, 0.25) is 0 Å². The lowest BCUT2D eigenvalue weighted by molar-refractivity contribution is -0.138. The summed E-state index contributed by atoms with van der Waals surface area (Å²) in [5.74, 6) is 1.12. The maximum atomic E-state index is 11.7. The molecule has 0 aliphatic carbocycles. The van der Waals surface area contributed by atoms with Gasteiger partial charge in [-0.05, 0) is 12.0 Å². The van der Waals surface area contributed by atoms with Crippen LogP contribution in [-0.2, 0) is 16.0 Å². The Labute approximate surface area is 118 Å². The highest BCUT2D eigenvalue weighted by Gasteiger charge is 2.12. The van der Waals surface area contributed by atoms with Gasteiger partial charge in [0.1, 0.15) is 0 Å². The highest BCUT2D eigenvalue weighted by molar-refractivity contribution is 5.79. The fraction of sp³-hybridized carbons (Fsp3) is 0.333. The smallest absolute Gasteiger partial charge is 0.317 e. The molecule has 0 atom stereocenters. The van der Waals surface area contributed by atoms with Crippen LogP contribution in [0.3, 0.4) is 0 Å². The normalized spacial score (nSPS) is 10.0. The summed E-state index contributed by atoms with van der Waals surface area (Å²) >= 11 is 0. The van der Waals surface area contributed by atoms with Crippen molar-refractivity contribution in [2.45, 2.75) is 6.42 Å². The van der Waals surface area contributed by atoms with Crippen LogP contribution < -0.4 is 5.32 Å². The van der Waals surface area contributed by atoms with Crippen LogP contribution in [0.1, 0.15) is 5.56 Å². The molecule has 0 heterocycles. The van der Waals surface area contributed by atoms with Crippen LogP contribution in [0, 0.1) is 12.3 Å². The van der Waals surface area contributed by atoms with Crippen molar-refractivity contribution >= 4 is 11.9 Å². The number of hydrogen-bond donors (Lipinski definition) is 2. The molecule has 0 aliphatic rings. The molecule has 1 aromatic carbocycles. The molecule has 0 unspecified atom stereocenters. The Balaban J connectivity index is 2.31. The molecule has 5 nitrogen and oxygen atoms in total. The second-order valence-corrected chi connectivity index (χ2v) is 4.33. The average molecular weight is 274 g/mol. The molecule has 2 N–H and O–H groups in total. The van der Waals surface area contributed by atoms with Crippen LogP contribution >= 0.6 is 0 Å². The van der Waals surface area contributed by atoms with E-state index in [2.05, 4.69) is 11.2 Å². The molecule has 0 spiro atoms. The van der Waals surface area contributed by atoms with Gasteiger partial charge in [-0.1, -0.05) is 36.3 Å². The first kappa shape index (κ1) is 15.7. The molecule has 0 aliphatic heterocycles. The van der Waals surface area contributed by atoms with Crippen molar-refractivity contribution in [1.29, 1.82) is 0 Å². The van der Waals surface area contributed by atoms with Gasteiger partial charge in [-0.2, -0.15) is 0 Å². The van der Waals surface area contributed by atoms with Gasteiger partial charge in [0.25, 0.3) is 0 Å². The monoisotopic (exact) mass is 274 g/mol. The van der Waals surface area contributed by atoms with Gasteiger partial charge in [-0.25, -0.2) is 0 Å². The molecule has 0 radical (unpaired) electrons. The number of amides is 1. The minimum atomic E-state index is -1.00. The van der Waals surface area contributed by atoms with Crippen molar-refractivity contribution in [3.05, 3.63) is 35.9 Å². The Morgan fingerprint density at radius 2 is 1.95 bits per heavy atom. The number of carboxylic acids is 1. The first-order valence-electron chi connectivity index (χ1n) is 6.30. The van der Waals surface area contributed by atoms with E-state index in [1.165, 1.54) is 4.90 Å². The van der Waals surface area contributed by atoms with E-state index in [1.54, 1.807) is 0 Å². The molecule has 106 valence electrons. The van der Waals surface area contributed by atoms with Crippen molar-refractivity contribution in [2.75, 3.05) is 26.2 Å². The molecule has 0 bridgehead atoms. The number of rotatable bonds is 8. The molecule has 5 heteroatoms. The zero-order chi connectivity index (χ0) is 14.8. The number of carbonyl (C=O) groups is 2. The van der Waals surface area contributed by atoms with Gasteiger partial charge in [0.05, 0.1) is 19.6 Å². The van der Waals surface area contributed by atoms with Crippen molar-refractivity contribution in [1.82, 2.24) is 10.2 Å². The number of carboxylic acid groups (broad SMARTS) is 1. The highest BCUT2D eigenvalue weighted by atomic mass is 16.4. The zero-order valence-corrected chi connectivity index (χ0v) is 11.2. The predicted octanol–water partition coefficient (Wildman–Crippen LogP) is 0.365. The lowest BCUT2D eigenvalue weighted by Gasteiger charge is -2.16. The van der Waals surface area contributed by atoms with Gasteiger partial charge in [0.15, 0.2) is 0 Å². The van der Waals surface area contributed by atoms with E-state index in [0.29, 0.717) is 6.54 Å². The fourth-order valence-corrected chi connectivity index (χ4v) is 1.74. The summed E-state index contributed by atoms with van der Waals surface area (Å²) in [5.41, 5.74) is 1.14. The van der Waals surface area contributed by atoms with E-state index in [-0.39, 0.29) is 25.5 Å². The summed E-state index contributed by atoms with van der Waals surface area (Å²) in [7, 11) is 0. The molecule has 0 saturated heterocycles. The molecular formula is C15H18N2O3. The van der Waals surface area contributed by atoms with E-state index in [1.807, 2.05) is 30.3 Å². The van der Waals surface area contributed by atoms with Crippen LogP contribution in [0.15, 0.2) is 30.3 Å². The van der Waals surface area contributed by atoms with E-state index in [4.69, 9.17) is 11.5 Å². The van der Waals surface area contributed by atoms with Gasteiger partial charge in [0, 0.05) is 6.54 Å². The first-order valence-corrected chi connectivity index (χ1v) is 6.30. The molecular weight excluding hydrogens is 256 g/mol. The van der Waals surface area contributed by atoms with Crippen molar-refractivity contribution in [3.8, 4) is 12.3 Å². The summed E-state index contributed by atoms with van der Waals surface area (Å²) in [6.07, 6.45) is 5.88. The number of carbonyl (C=O) groups excluding carboxylic acids is 1. The van der Waals surface area contributed by atoms with Crippen molar-refractivity contribution in [2.24, 2.45) is 0 Å². The Morgan fingerprint density at radius 1 is 1.25 bits per heavy atom. The quantitative estimate of drug-likeness (QED) is 0.672. The van der Waals surface area contributed by atoms with Crippen LogP contribution in [0.5, 0.6) is 0 Å². The number of benzene rings is 1. The van der Waals surface area contributed by atoms with E-state index >= 15 is 0 Å². The Morgan fingerprint density at radius 3 is 2.55 bits per heavy atom. The SMILES string of the molecule is C#CCN(CC(=O)O)CC(=O)NCCc1ccccc1. The summed E-state index contributed by atoms with van der Waals surface area (Å²) < 4.78 is 0. The highest BCUT2D eigenvalue weighted by Crippen LogP contribution is 1.98. The number of terminal acetylenes is 1. The van der Waals surface area contributed by atoms with E-state index in [0.717, 1.165) is 12.0 Å². The third-order valence-corrected chi connectivity index (χ3v) is 2.62. The zero-order valence-electron chi connectivity index (χ0n) is 11.2. The first-order chi connectivity index (χ1) is 9.61. The summed E-state index contributed by atoms with van der Waals surface area (Å²) in [5, 5.41) is 11.5. The number of aliphatic carboxylic acids is 1. The topological polar surface area (TPSA) is 69.6 Å². The standard InChI is InChI=1S/C15H18N2O3/c1-2-10-17(12-15(19)20)11-14(18)16-9-8-13-6-4-3-5-7-13/h1,3-7H,8-12H2,(H,16,18)(H,19,20). The molecule has 1 aromatic rings. The molecule has 20 heavy (non-hydrogen) atoms. The van der Waals surface area contributed by atoms with Gasteiger partial charge < -0.3 is 10.4 Å². The maximum absolute atomic E-state index is 11.7. The lowest BCUT2D eigenvalue weighted by Crippen LogP contribution is -2.40. The van der Waals surface area contributed by atoms with Crippen LogP contribution in [-0.4, -0.2) is 48.1 Å². The third-order valence-electron chi connectivity index (χ3n) is 2.62. The largest absolute Gasteiger partial charge is 0.480 e. The lowest BCUT2D eigenvalue weighted by atomic mass is 10.1. The minimum Gasteiger partial charge on any atom is -0.480 e. The number of hydrogen-bond acceptors (Lipinski definition) is 3. The predicted molar refractivity (Wildman–Crippen MR) is 76.1 cm³/mol. The molecule has 0 fully saturated rings. The van der Waals surface area contributed by atoms with E-state index < -0.39 is 5.97 Å². The second-order valence-electron chi connectivity index (χ2n) is 4.33. The second kappa shape index (κ2) is 8.73. The van der Waals surface area contributed by atoms with Crippen molar-refractivity contribution < 1.29 is 14.7 Å². The van der Waals surface area contributed by atoms with Gasteiger partial charge in [-0.15, -0.1) is 6.42 Å². The Hall–Kier alpha value is -2.32. The molecule has 1 rings (SSSR count). The van der Waals surface area contributed by atoms with Crippen LogP contribution in [0.25, 0.3) is 0 Å². The summed E-state index contributed by atoms with van der Waals surface area (Å²) in [6, 6.07) is 9.80. The third kappa shape index (κ3) is 6.57. The van der Waals surface area contributed by atoms with Crippen molar-refractivity contribution in [3.63, 3.8) is 0 Å². The van der Waals surface area contributed by atoms with Gasteiger partial charge in [0.2, 0.25) is 5.91 Å². The summed E-state index contributed by atoms with van der Waals surface area (Å²) in [4.78, 5) is 23.7. The molecule has 0 saturated carbocycles. The minimum absolute atomic E-state index is 0.00864. The molecule has 0 aromatic heterocycles. The maximum Gasteiger partial charge on any atom is 0.317 e. The van der Waals surface area contributed by atoms with Gasteiger partial charge in [-0.3, -0.25) is 14.5 Å². The summed E-state index contributed by atoms with van der Waals surface area (Å²) in [6.45, 7) is 0.403. The molecule has 1 amide bonds. The van der Waals surface area contributed by atoms with E-state index in [9.17, 15) is 9.59 Å².